The standard InChI is InChI=1S/C28H26FN9S/c1-15-9-10-21-34-24(22(16(2)37(21)13-15)18-7-6-8-19(29)11-18)17(3)38-27-23(26(30)32-14-33-27)25(35-38)20-12-31-28(39-20)36(4)5/h6-14,17H,2H2,1,3-5H3,(H2,30,32,33)/t17-/m0/s1. The molecule has 2 N–H and O–H groups in total. The van der Waals surface area contributed by atoms with E-state index in [0.29, 0.717) is 39.5 Å². The highest BCUT2D eigenvalue weighted by Crippen LogP contribution is 2.42. The van der Waals surface area contributed by atoms with E-state index in [4.69, 9.17) is 15.8 Å². The van der Waals surface area contributed by atoms with E-state index in [1.807, 2.05) is 62.2 Å². The first-order valence-electron chi connectivity index (χ1n) is 12.3. The first-order chi connectivity index (χ1) is 18.7. The number of nitrogens with two attached hydrogens (primary N) is 1. The lowest BCUT2D eigenvalue weighted by Gasteiger charge is -2.34. The first kappa shape index (κ1) is 24.7. The maximum absolute atomic E-state index is 14.4. The predicted octanol–water partition coefficient (Wildman–Crippen LogP) is 5.41. The second kappa shape index (κ2) is 9.28. The summed E-state index contributed by atoms with van der Waals surface area (Å²) < 4.78 is 16.2. The quantitative estimate of drug-likeness (QED) is 0.362. The molecule has 0 saturated heterocycles. The van der Waals surface area contributed by atoms with Crippen molar-refractivity contribution >= 4 is 44.7 Å². The van der Waals surface area contributed by atoms with E-state index >= 15 is 0 Å². The number of aromatic nitrogens is 5. The Hall–Kier alpha value is -4.64. The summed E-state index contributed by atoms with van der Waals surface area (Å²) >= 11 is 1.50. The highest BCUT2D eigenvalue weighted by Gasteiger charge is 2.31. The van der Waals surface area contributed by atoms with Crippen LogP contribution in [0, 0.1) is 5.82 Å². The van der Waals surface area contributed by atoms with Gasteiger partial charge < -0.3 is 15.5 Å². The molecule has 2 aliphatic heterocycles. The van der Waals surface area contributed by atoms with E-state index in [-0.39, 0.29) is 5.82 Å². The van der Waals surface area contributed by atoms with Crippen LogP contribution in [-0.2, 0) is 0 Å². The summed E-state index contributed by atoms with van der Waals surface area (Å²) in [7, 11) is 3.88. The third kappa shape index (κ3) is 4.11. The van der Waals surface area contributed by atoms with E-state index in [0.717, 1.165) is 27.0 Å². The molecule has 5 heterocycles. The number of rotatable bonds is 5. The van der Waals surface area contributed by atoms with Crippen LogP contribution in [0.1, 0.15) is 25.5 Å². The van der Waals surface area contributed by atoms with Crippen molar-refractivity contribution in [3.8, 4) is 10.6 Å². The second-order valence-corrected chi connectivity index (χ2v) is 10.6. The molecule has 9 nitrogen and oxygen atoms in total. The maximum Gasteiger partial charge on any atom is 0.185 e. The number of nitrogen functional groups attached to an aromatic ring is 1. The molecule has 0 radical (unpaired) electrons. The summed E-state index contributed by atoms with van der Waals surface area (Å²) in [6.45, 7) is 8.39. The summed E-state index contributed by atoms with van der Waals surface area (Å²) in [5, 5.41) is 6.48. The van der Waals surface area contributed by atoms with Crippen LogP contribution in [0.25, 0.3) is 27.2 Å². The lowest BCUT2D eigenvalue weighted by atomic mass is 9.95. The zero-order valence-electron chi connectivity index (χ0n) is 21.9. The molecule has 11 heteroatoms. The normalized spacial score (nSPS) is 15.9. The minimum Gasteiger partial charge on any atom is -0.383 e. The maximum atomic E-state index is 14.4. The monoisotopic (exact) mass is 539 g/mol. The number of fused-ring (bicyclic) bond motifs is 2. The van der Waals surface area contributed by atoms with Crippen LogP contribution >= 0.6 is 11.3 Å². The largest absolute Gasteiger partial charge is 0.383 e. The van der Waals surface area contributed by atoms with Crippen LogP contribution in [0.5, 0.6) is 0 Å². The molecule has 6 rings (SSSR count). The van der Waals surface area contributed by atoms with E-state index < -0.39 is 6.04 Å². The van der Waals surface area contributed by atoms with Gasteiger partial charge in [-0.2, -0.15) is 5.10 Å². The molecule has 0 bridgehead atoms. The Morgan fingerprint density at radius 2 is 1.97 bits per heavy atom. The highest BCUT2D eigenvalue weighted by atomic mass is 32.1. The minimum absolute atomic E-state index is 0.328. The van der Waals surface area contributed by atoms with Gasteiger partial charge in [0.25, 0.3) is 0 Å². The molecule has 1 aromatic carbocycles. The molecular weight excluding hydrogens is 513 g/mol. The Morgan fingerprint density at radius 1 is 1.15 bits per heavy atom. The van der Waals surface area contributed by atoms with Gasteiger partial charge in [0.05, 0.1) is 22.0 Å². The molecule has 196 valence electrons. The van der Waals surface area contributed by atoms with Crippen molar-refractivity contribution in [2.45, 2.75) is 19.9 Å². The van der Waals surface area contributed by atoms with Gasteiger partial charge in [-0.25, -0.2) is 29.0 Å². The molecule has 39 heavy (non-hydrogen) atoms. The Morgan fingerprint density at radius 3 is 2.72 bits per heavy atom. The van der Waals surface area contributed by atoms with Gasteiger partial charge in [0.1, 0.15) is 29.5 Å². The highest BCUT2D eigenvalue weighted by molar-refractivity contribution is 7.19. The van der Waals surface area contributed by atoms with Crippen LogP contribution < -0.4 is 10.6 Å². The zero-order valence-corrected chi connectivity index (χ0v) is 22.7. The van der Waals surface area contributed by atoms with Crippen LogP contribution in [0.3, 0.4) is 0 Å². The number of amidine groups is 1. The second-order valence-electron chi connectivity index (χ2n) is 9.59. The van der Waals surface area contributed by atoms with Crippen molar-refractivity contribution < 1.29 is 4.39 Å². The van der Waals surface area contributed by atoms with Crippen LogP contribution in [0.4, 0.5) is 15.3 Å². The number of allylic oxidation sites excluding steroid dienone is 4. The number of aliphatic imine (C=N–C) groups is 1. The fourth-order valence-electron chi connectivity index (χ4n) is 4.75. The van der Waals surface area contributed by atoms with Crippen molar-refractivity contribution in [3.63, 3.8) is 0 Å². The Balaban J connectivity index is 1.58. The lowest BCUT2D eigenvalue weighted by Crippen LogP contribution is -2.31. The number of hydrogen-bond acceptors (Lipinski definition) is 9. The van der Waals surface area contributed by atoms with E-state index in [1.54, 1.807) is 16.9 Å². The molecule has 2 aliphatic rings. The minimum atomic E-state index is -0.415. The van der Waals surface area contributed by atoms with E-state index in [9.17, 15) is 4.39 Å². The molecule has 0 spiro atoms. The summed E-state index contributed by atoms with van der Waals surface area (Å²) in [6.07, 6.45) is 9.13. The SMILES string of the molecule is C=C1C(c2cccc(F)c2)=C([C@H](C)n2nc(-c3cnc(N(C)C)s3)c3c(N)ncnc32)N=C2C=CC(C)=CN12. The van der Waals surface area contributed by atoms with Gasteiger partial charge in [-0.15, -0.1) is 0 Å². The molecule has 0 fully saturated rings. The fourth-order valence-corrected chi connectivity index (χ4v) is 5.58. The smallest absolute Gasteiger partial charge is 0.185 e. The zero-order chi connectivity index (χ0) is 27.4. The number of anilines is 2. The number of halogens is 1. The van der Waals surface area contributed by atoms with Crippen molar-refractivity contribution in [2.75, 3.05) is 24.7 Å². The van der Waals surface area contributed by atoms with Gasteiger partial charge in [-0.1, -0.05) is 36.1 Å². The van der Waals surface area contributed by atoms with Gasteiger partial charge in [-0.3, -0.25) is 0 Å². The van der Waals surface area contributed by atoms with E-state index in [2.05, 4.69) is 21.5 Å². The van der Waals surface area contributed by atoms with Crippen molar-refractivity contribution in [3.05, 3.63) is 90.1 Å². The topological polar surface area (TPSA) is 101 Å². The molecule has 0 saturated carbocycles. The predicted molar refractivity (Wildman–Crippen MR) is 155 cm³/mol. The number of thiazole rings is 1. The Kier molecular flexibility index (Phi) is 5.87. The van der Waals surface area contributed by atoms with E-state index in [1.165, 1.54) is 29.8 Å². The van der Waals surface area contributed by atoms with Crippen molar-refractivity contribution in [2.24, 2.45) is 4.99 Å². The third-order valence-corrected chi connectivity index (χ3v) is 7.82. The van der Waals surface area contributed by atoms with Crippen molar-refractivity contribution in [1.82, 2.24) is 29.6 Å². The number of hydrogen-bond donors (Lipinski definition) is 1. The third-order valence-electron chi connectivity index (χ3n) is 6.65. The lowest BCUT2D eigenvalue weighted by molar-refractivity contribution is 0.558. The molecule has 0 amide bonds. The van der Waals surface area contributed by atoms with Crippen LogP contribution in [-0.4, -0.2) is 49.6 Å². The van der Waals surface area contributed by atoms with Gasteiger partial charge in [-0.05, 0) is 43.2 Å². The molecule has 4 aromatic rings. The van der Waals surface area contributed by atoms with Crippen LogP contribution in [0.2, 0.25) is 0 Å². The van der Waals surface area contributed by atoms with Crippen molar-refractivity contribution in [1.29, 1.82) is 0 Å². The fraction of sp³-hybridized carbons (Fsp3) is 0.179. The summed E-state index contributed by atoms with van der Waals surface area (Å²) in [5.41, 5.74) is 11.4. The molecule has 1 atom stereocenters. The molecule has 0 unspecified atom stereocenters. The van der Waals surface area contributed by atoms with Gasteiger partial charge in [0.15, 0.2) is 10.8 Å². The molecule has 3 aromatic heterocycles. The molecule has 0 aliphatic carbocycles. The Bertz CT molecular complexity index is 1770. The average molecular weight is 540 g/mol. The van der Waals surface area contributed by atoms with Gasteiger partial charge in [0, 0.05) is 37.8 Å². The molecular formula is C28H26FN9S. The van der Waals surface area contributed by atoms with Crippen LogP contribution in [0.15, 0.2) is 83.7 Å². The number of nitrogens with zero attached hydrogens (tertiary/aromatic N) is 8. The van der Waals surface area contributed by atoms with Gasteiger partial charge in [0.2, 0.25) is 0 Å². The summed E-state index contributed by atoms with van der Waals surface area (Å²) in [6, 6.07) is 6.05. The first-order valence-corrected chi connectivity index (χ1v) is 13.1. The summed E-state index contributed by atoms with van der Waals surface area (Å²) in [4.78, 5) is 23.1. The average Bonchev–Trinajstić information content (AvgIpc) is 3.55. The number of benzene rings is 1. The van der Waals surface area contributed by atoms with Gasteiger partial charge >= 0.3 is 0 Å². The Labute approximate surface area is 228 Å². The summed E-state index contributed by atoms with van der Waals surface area (Å²) in [5.74, 6) is 0.708.